The number of nitrogens with zero attached hydrogens (tertiary/aromatic N) is 2. The van der Waals surface area contributed by atoms with E-state index in [-0.39, 0.29) is 17.7 Å². The third-order valence-corrected chi connectivity index (χ3v) is 5.51. The molecule has 2 aromatic rings. The number of benzene rings is 2. The van der Waals surface area contributed by atoms with Gasteiger partial charge in [-0.05, 0) is 23.1 Å². The molecule has 5 nitrogen and oxygen atoms in total. The van der Waals surface area contributed by atoms with Crippen molar-refractivity contribution in [2.24, 2.45) is 5.92 Å². The summed E-state index contributed by atoms with van der Waals surface area (Å²) in [5.74, 6) is -0.139. The molecule has 1 saturated heterocycles. The lowest BCUT2D eigenvalue weighted by atomic mass is 9.95. The van der Waals surface area contributed by atoms with Gasteiger partial charge in [0, 0.05) is 33.3 Å². The van der Waals surface area contributed by atoms with E-state index in [1.54, 1.807) is 18.1 Å². The highest BCUT2D eigenvalue weighted by Gasteiger charge is 2.31. The minimum Gasteiger partial charge on any atom is -0.384 e. The predicted molar refractivity (Wildman–Crippen MR) is 119 cm³/mol. The Morgan fingerprint density at radius 2 is 1.80 bits per heavy atom. The molecule has 0 unspecified atom stereocenters. The second-order valence-corrected chi connectivity index (χ2v) is 7.62. The number of hydrogen-bond acceptors (Lipinski definition) is 3. The van der Waals surface area contributed by atoms with Gasteiger partial charge in [0.05, 0.1) is 18.9 Å². The zero-order valence-corrected chi connectivity index (χ0v) is 17.6. The minimum absolute atomic E-state index is 0.0366. The molecule has 0 aromatic heterocycles. The second-order valence-electron chi connectivity index (χ2n) is 7.62. The summed E-state index contributed by atoms with van der Waals surface area (Å²) in [6, 6.07) is 18.6. The fraction of sp³-hybridized carbons (Fsp3) is 0.360. The summed E-state index contributed by atoms with van der Waals surface area (Å²) in [5.41, 5.74) is 3.41. The lowest BCUT2D eigenvalue weighted by Gasteiger charge is -2.23. The highest BCUT2D eigenvalue weighted by atomic mass is 16.5. The molecule has 1 atom stereocenters. The van der Waals surface area contributed by atoms with Gasteiger partial charge in [0.2, 0.25) is 11.8 Å². The molecule has 5 heteroatoms. The Morgan fingerprint density at radius 1 is 1.10 bits per heavy atom. The van der Waals surface area contributed by atoms with Crippen LogP contribution in [0, 0.1) is 5.92 Å². The Labute approximate surface area is 178 Å². The van der Waals surface area contributed by atoms with Gasteiger partial charge >= 0.3 is 0 Å². The number of hydrogen-bond donors (Lipinski definition) is 0. The summed E-state index contributed by atoms with van der Waals surface area (Å²) in [6.07, 6.45) is 2.69. The van der Waals surface area contributed by atoms with E-state index in [0.717, 1.165) is 11.1 Å². The largest absolute Gasteiger partial charge is 0.384 e. The van der Waals surface area contributed by atoms with E-state index in [0.29, 0.717) is 45.6 Å². The van der Waals surface area contributed by atoms with Crippen molar-refractivity contribution in [2.45, 2.75) is 12.8 Å². The maximum absolute atomic E-state index is 13.1. The maximum atomic E-state index is 13.1. The molecule has 0 saturated carbocycles. The van der Waals surface area contributed by atoms with E-state index in [1.165, 1.54) is 5.56 Å². The van der Waals surface area contributed by atoms with Gasteiger partial charge in [-0.25, -0.2) is 0 Å². The standard InChI is InChI=1S/C25H30N2O3/c1-3-14-26-15-16-27(24(28)13-17-30-2)19-23(25(26)29)18-20-9-11-22(12-10-20)21-7-5-4-6-8-21/h3-12,23H,1,13-19H2,2H3/t23-/m0/s1. The van der Waals surface area contributed by atoms with Gasteiger partial charge in [-0.1, -0.05) is 60.7 Å². The molecular formula is C25H30N2O3. The minimum atomic E-state index is -0.262. The summed E-state index contributed by atoms with van der Waals surface area (Å²) in [7, 11) is 1.59. The van der Waals surface area contributed by atoms with Gasteiger partial charge in [0.1, 0.15) is 0 Å². The molecule has 0 radical (unpaired) electrons. The zero-order valence-electron chi connectivity index (χ0n) is 17.6. The Balaban J connectivity index is 1.75. The van der Waals surface area contributed by atoms with E-state index < -0.39 is 0 Å². The van der Waals surface area contributed by atoms with Crippen LogP contribution in [0.4, 0.5) is 0 Å². The third kappa shape index (κ3) is 5.57. The molecule has 3 rings (SSSR count). The summed E-state index contributed by atoms with van der Waals surface area (Å²) in [5, 5.41) is 0. The number of amides is 2. The van der Waals surface area contributed by atoms with Crippen molar-refractivity contribution in [1.29, 1.82) is 0 Å². The first kappa shape index (κ1) is 21.8. The number of rotatable bonds is 8. The number of carbonyl (C=O) groups excluding carboxylic acids is 2. The molecule has 0 spiro atoms. The molecule has 158 valence electrons. The van der Waals surface area contributed by atoms with Crippen LogP contribution in [0.5, 0.6) is 0 Å². The monoisotopic (exact) mass is 406 g/mol. The van der Waals surface area contributed by atoms with Crippen LogP contribution in [0.3, 0.4) is 0 Å². The van der Waals surface area contributed by atoms with Crippen LogP contribution >= 0.6 is 0 Å². The van der Waals surface area contributed by atoms with E-state index in [1.807, 2.05) is 23.1 Å². The van der Waals surface area contributed by atoms with Gasteiger partial charge in [-0.3, -0.25) is 9.59 Å². The molecule has 2 amide bonds. The molecule has 0 aliphatic carbocycles. The quantitative estimate of drug-likeness (QED) is 0.632. The van der Waals surface area contributed by atoms with Crippen LogP contribution in [0.2, 0.25) is 0 Å². The van der Waals surface area contributed by atoms with Gasteiger partial charge in [-0.15, -0.1) is 6.58 Å². The normalized spacial score (nSPS) is 17.0. The van der Waals surface area contributed by atoms with Crippen LogP contribution in [0.1, 0.15) is 12.0 Å². The maximum Gasteiger partial charge on any atom is 0.228 e. The molecule has 30 heavy (non-hydrogen) atoms. The van der Waals surface area contributed by atoms with Crippen molar-refractivity contribution in [3.8, 4) is 11.1 Å². The third-order valence-electron chi connectivity index (χ3n) is 5.51. The SMILES string of the molecule is C=CCN1CCN(C(=O)CCOC)C[C@H](Cc2ccc(-c3ccccc3)cc2)C1=O. The Hall–Kier alpha value is -2.92. The lowest BCUT2D eigenvalue weighted by molar-refractivity contribution is -0.134. The molecule has 0 bridgehead atoms. The summed E-state index contributed by atoms with van der Waals surface area (Å²) in [6.45, 7) is 6.19. The molecule has 1 fully saturated rings. The highest BCUT2D eigenvalue weighted by molar-refractivity contribution is 5.82. The lowest BCUT2D eigenvalue weighted by Crippen LogP contribution is -2.38. The topological polar surface area (TPSA) is 49.9 Å². The number of carbonyl (C=O) groups is 2. The molecule has 1 heterocycles. The Kier molecular flexibility index (Phi) is 7.80. The average Bonchev–Trinajstić information content (AvgIpc) is 2.93. The molecular weight excluding hydrogens is 376 g/mol. The van der Waals surface area contributed by atoms with E-state index in [9.17, 15) is 9.59 Å². The molecule has 1 aliphatic rings. The van der Waals surface area contributed by atoms with Crippen molar-refractivity contribution in [3.05, 3.63) is 72.8 Å². The van der Waals surface area contributed by atoms with Crippen molar-refractivity contribution >= 4 is 11.8 Å². The average molecular weight is 407 g/mol. The fourth-order valence-electron chi connectivity index (χ4n) is 3.86. The second kappa shape index (κ2) is 10.7. The first-order valence-corrected chi connectivity index (χ1v) is 10.4. The fourth-order valence-corrected chi connectivity index (χ4v) is 3.86. The number of ether oxygens (including phenoxy) is 1. The smallest absolute Gasteiger partial charge is 0.228 e. The van der Waals surface area contributed by atoms with Gasteiger partial charge in [0.15, 0.2) is 0 Å². The molecule has 1 aliphatic heterocycles. The van der Waals surface area contributed by atoms with Crippen molar-refractivity contribution in [3.63, 3.8) is 0 Å². The van der Waals surface area contributed by atoms with Crippen LogP contribution in [0.15, 0.2) is 67.3 Å². The van der Waals surface area contributed by atoms with E-state index in [2.05, 4.69) is 43.0 Å². The van der Waals surface area contributed by atoms with Crippen LogP contribution in [0.25, 0.3) is 11.1 Å². The van der Waals surface area contributed by atoms with Gasteiger partial charge in [-0.2, -0.15) is 0 Å². The Morgan fingerprint density at radius 3 is 2.47 bits per heavy atom. The summed E-state index contributed by atoms with van der Waals surface area (Å²) in [4.78, 5) is 29.3. The van der Waals surface area contributed by atoms with E-state index >= 15 is 0 Å². The first-order valence-electron chi connectivity index (χ1n) is 10.4. The summed E-state index contributed by atoms with van der Waals surface area (Å²) >= 11 is 0. The van der Waals surface area contributed by atoms with E-state index in [4.69, 9.17) is 4.74 Å². The van der Waals surface area contributed by atoms with Crippen LogP contribution in [-0.2, 0) is 20.7 Å². The van der Waals surface area contributed by atoms with Crippen molar-refractivity contribution in [2.75, 3.05) is 39.9 Å². The molecule has 2 aromatic carbocycles. The zero-order chi connectivity index (χ0) is 21.3. The molecule has 0 N–H and O–H groups in total. The number of methoxy groups -OCH3 is 1. The van der Waals surface area contributed by atoms with Gasteiger partial charge < -0.3 is 14.5 Å². The van der Waals surface area contributed by atoms with Crippen molar-refractivity contribution < 1.29 is 14.3 Å². The van der Waals surface area contributed by atoms with Crippen LogP contribution in [-0.4, -0.2) is 61.5 Å². The van der Waals surface area contributed by atoms with Gasteiger partial charge in [0.25, 0.3) is 0 Å². The van der Waals surface area contributed by atoms with Crippen molar-refractivity contribution in [1.82, 2.24) is 9.80 Å². The highest BCUT2D eigenvalue weighted by Crippen LogP contribution is 2.22. The van der Waals surface area contributed by atoms with Crippen LogP contribution < -0.4 is 0 Å². The first-order chi connectivity index (χ1) is 14.6. The summed E-state index contributed by atoms with van der Waals surface area (Å²) < 4.78 is 5.05. The Bertz CT molecular complexity index is 848. The predicted octanol–water partition coefficient (Wildman–Crippen LogP) is 3.41.